The Hall–Kier alpha value is 0.154. The molecule has 0 aliphatic heterocycles. The van der Waals surface area contributed by atoms with Gasteiger partial charge in [-0.15, -0.1) is 0 Å². The summed E-state index contributed by atoms with van der Waals surface area (Å²) in [6, 6.07) is 0. The van der Waals surface area contributed by atoms with Crippen molar-refractivity contribution in [3.63, 3.8) is 0 Å². The van der Waals surface area contributed by atoms with Crippen molar-refractivity contribution in [2.75, 3.05) is 13.1 Å². The summed E-state index contributed by atoms with van der Waals surface area (Å²) >= 11 is 2.03. The average Bonchev–Trinajstić information content (AvgIpc) is 1.68. The molecule has 0 atom stereocenters. The van der Waals surface area contributed by atoms with Gasteiger partial charge in [0.25, 0.3) is 0 Å². The molecule has 0 bridgehead atoms. The van der Waals surface area contributed by atoms with Gasteiger partial charge < -0.3 is 0 Å². The third kappa shape index (κ3) is 4.32. The average molecular weight is 144 g/mol. The molecule has 0 aromatic heterocycles. The van der Waals surface area contributed by atoms with Crippen LogP contribution in [0, 0.1) is 0 Å². The Morgan fingerprint density at radius 3 is 1.88 bits per heavy atom. The monoisotopic (exact) mass is 144 g/mol. The minimum absolute atomic E-state index is 0.937. The SMILES string of the molecule is C=CC[N]([Ti])CC=C. The van der Waals surface area contributed by atoms with E-state index in [0.717, 1.165) is 13.1 Å². The molecule has 0 aliphatic rings. The summed E-state index contributed by atoms with van der Waals surface area (Å²) < 4.78 is 2.12. The van der Waals surface area contributed by atoms with Gasteiger partial charge in [-0.25, -0.2) is 0 Å². The van der Waals surface area contributed by atoms with Gasteiger partial charge in [0, 0.05) is 0 Å². The molecule has 0 saturated heterocycles. The maximum atomic E-state index is 3.61. The van der Waals surface area contributed by atoms with Gasteiger partial charge in [0.2, 0.25) is 0 Å². The number of hydrogen-bond acceptors (Lipinski definition) is 1. The fourth-order valence-electron chi connectivity index (χ4n) is 0.386. The van der Waals surface area contributed by atoms with E-state index in [1.54, 1.807) is 0 Å². The second-order valence-corrected chi connectivity index (χ2v) is 2.47. The standard InChI is InChI=1S/C6H10N.Ti/c1-3-5-7-6-4-2;/h3-4H,1-2,5-6H2;/q-1;+1. The van der Waals surface area contributed by atoms with Crippen molar-refractivity contribution in [2.24, 2.45) is 0 Å². The van der Waals surface area contributed by atoms with E-state index >= 15 is 0 Å². The van der Waals surface area contributed by atoms with E-state index in [2.05, 4.69) is 16.5 Å². The molecule has 0 aromatic carbocycles. The van der Waals surface area contributed by atoms with Crippen LogP contribution in [0.15, 0.2) is 25.3 Å². The first-order valence-corrected chi connectivity index (χ1v) is 3.19. The fraction of sp³-hybridized carbons (Fsp3) is 0.333. The maximum absolute atomic E-state index is 3.61. The zero-order valence-corrected chi connectivity index (χ0v) is 6.49. The van der Waals surface area contributed by atoms with Gasteiger partial charge >= 0.3 is 62.5 Å². The molecule has 0 fully saturated rings. The molecular weight excluding hydrogens is 134 g/mol. The van der Waals surface area contributed by atoms with Crippen molar-refractivity contribution in [3.8, 4) is 0 Å². The molecule has 0 aromatic rings. The molecule has 43 valence electrons. The van der Waals surface area contributed by atoms with E-state index in [9.17, 15) is 0 Å². The summed E-state index contributed by atoms with van der Waals surface area (Å²) in [5.74, 6) is 0. The van der Waals surface area contributed by atoms with Crippen LogP contribution in [-0.2, 0) is 20.7 Å². The van der Waals surface area contributed by atoms with Crippen LogP contribution in [-0.4, -0.2) is 16.5 Å². The van der Waals surface area contributed by atoms with Crippen molar-refractivity contribution < 1.29 is 20.7 Å². The van der Waals surface area contributed by atoms with Gasteiger partial charge in [-0.1, -0.05) is 0 Å². The summed E-state index contributed by atoms with van der Waals surface area (Å²) in [6.45, 7) is 9.09. The third-order valence-electron chi connectivity index (χ3n) is 0.699. The van der Waals surface area contributed by atoms with E-state index in [-0.39, 0.29) is 0 Å². The van der Waals surface area contributed by atoms with Crippen LogP contribution in [0.2, 0.25) is 0 Å². The van der Waals surface area contributed by atoms with E-state index in [4.69, 9.17) is 0 Å². The Bertz CT molecular complexity index is 70.6. The summed E-state index contributed by atoms with van der Waals surface area (Å²) in [4.78, 5) is 0. The van der Waals surface area contributed by atoms with Crippen molar-refractivity contribution in [2.45, 2.75) is 0 Å². The zero-order valence-electron chi connectivity index (χ0n) is 4.93. The molecule has 0 spiro atoms. The molecule has 0 aliphatic carbocycles. The van der Waals surface area contributed by atoms with Crippen LogP contribution in [0.1, 0.15) is 0 Å². The van der Waals surface area contributed by atoms with Gasteiger partial charge in [-0.3, -0.25) is 0 Å². The quantitative estimate of drug-likeness (QED) is 0.422. The van der Waals surface area contributed by atoms with Crippen LogP contribution in [0.25, 0.3) is 0 Å². The van der Waals surface area contributed by atoms with Crippen molar-refractivity contribution in [1.82, 2.24) is 3.38 Å². The van der Waals surface area contributed by atoms with Crippen LogP contribution >= 0.6 is 0 Å². The Balaban J connectivity index is 3.16. The Morgan fingerprint density at radius 1 is 1.25 bits per heavy atom. The Kier molecular flexibility index (Phi) is 5.40. The van der Waals surface area contributed by atoms with Crippen molar-refractivity contribution >= 4 is 0 Å². The summed E-state index contributed by atoms with van der Waals surface area (Å²) in [6.07, 6.45) is 3.76. The number of nitrogens with zero attached hydrogens (tertiary/aromatic N) is 1. The molecule has 0 amide bonds. The fourth-order valence-corrected chi connectivity index (χ4v) is 0.789. The molecule has 8 heavy (non-hydrogen) atoms. The minimum atomic E-state index is 0.937. The molecule has 0 heterocycles. The Labute approximate surface area is 62.8 Å². The topological polar surface area (TPSA) is 3.24 Å². The molecule has 0 radical (unpaired) electrons. The zero-order chi connectivity index (χ0) is 6.41. The molecule has 0 rings (SSSR count). The number of rotatable bonds is 4. The van der Waals surface area contributed by atoms with Crippen LogP contribution in [0.4, 0.5) is 0 Å². The van der Waals surface area contributed by atoms with Gasteiger partial charge in [0.05, 0.1) is 0 Å². The van der Waals surface area contributed by atoms with Gasteiger partial charge in [0.1, 0.15) is 0 Å². The van der Waals surface area contributed by atoms with Gasteiger partial charge in [0.15, 0.2) is 0 Å². The molecule has 1 nitrogen and oxygen atoms in total. The van der Waals surface area contributed by atoms with Crippen molar-refractivity contribution in [1.29, 1.82) is 0 Å². The second-order valence-electron chi connectivity index (χ2n) is 1.48. The summed E-state index contributed by atoms with van der Waals surface area (Å²) in [5, 5.41) is 0. The van der Waals surface area contributed by atoms with E-state index in [1.807, 2.05) is 32.8 Å². The molecular formula is C6H10NTi. The van der Waals surface area contributed by atoms with E-state index in [0.29, 0.717) is 0 Å². The van der Waals surface area contributed by atoms with Crippen LogP contribution < -0.4 is 0 Å². The predicted octanol–water partition coefficient (Wildman–Crippen LogP) is 1.12. The third-order valence-corrected chi connectivity index (χ3v) is 1.27. The predicted molar refractivity (Wildman–Crippen MR) is 32.0 cm³/mol. The van der Waals surface area contributed by atoms with E-state index < -0.39 is 0 Å². The molecule has 0 N–H and O–H groups in total. The first-order valence-electron chi connectivity index (χ1n) is 2.49. The number of hydrogen-bond donors (Lipinski definition) is 0. The first-order chi connectivity index (χ1) is 3.81. The van der Waals surface area contributed by atoms with E-state index in [1.165, 1.54) is 0 Å². The Morgan fingerprint density at radius 2 is 1.62 bits per heavy atom. The van der Waals surface area contributed by atoms with Crippen LogP contribution in [0.5, 0.6) is 0 Å². The molecule has 0 unspecified atom stereocenters. The van der Waals surface area contributed by atoms with Crippen LogP contribution in [0.3, 0.4) is 0 Å². The first kappa shape index (κ1) is 8.15. The summed E-state index contributed by atoms with van der Waals surface area (Å²) in [7, 11) is 0. The normalized spacial score (nSPS) is 9.00. The van der Waals surface area contributed by atoms with Gasteiger partial charge in [-0.2, -0.15) is 0 Å². The van der Waals surface area contributed by atoms with Crippen molar-refractivity contribution in [3.05, 3.63) is 25.3 Å². The summed E-state index contributed by atoms with van der Waals surface area (Å²) in [5.41, 5.74) is 0. The van der Waals surface area contributed by atoms with Gasteiger partial charge in [-0.05, 0) is 0 Å². The molecule has 2 heteroatoms. The second kappa shape index (κ2) is 5.29. The molecule has 0 saturated carbocycles.